The summed E-state index contributed by atoms with van der Waals surface area (Å²) >= 11 is 12.6. The highest BCUT2D eigenvalue weighted by Crippen LogP contribution is 2.55. The van der Waals surface area contributed by atoms with Gasteiger partial charge in [-0.1, -0.05) is 30.1 Å². The van der Waals surface area contributed by atoms with E-state index in [9.17, 15) is 19.2 Å². The lowest BCUT2D eigenvalue weighted by Gasteiger charge is -2.41. The number of fused-ring (bicyclic) bond motifs is 2. The third-order valence-corrected chi connectivity index (χ3v) is 8.29. The van der Waals surface area contributed by atoms with Crippen LogP contribution in [0.5, 0.6) is 17.2 Å². The van der Waals surface area contributed by atoms with Gasteiger partial charge in [-0.05, 0) is 24.6 Å². The normalized spacial score (nSPS) is 24.0. The minimum absolute atomic E-state index is 0.0154. The van der Waals surface area contributed by atoms with Crippen LogP contribution in [0, 0.1) is 5.92 Å². The fraction of sp³-hybridized carbons (Fsp3) is 0.286. The summed E-state index contributed by atoms with van der Waals surface area (Å²) in [6, 6.07) is 6.08. The van der Waals surface area contributed by atoms with Crippen molar-refractivity contribution in [3.8, 4) is 17.2 Å². The number of nitrogens with one attached hydrogen (secondary N) is 1. The molecule has 11 heteroatoms. The van der Waals surface area contributed by atoms with E-state index in [1.807, 2.05) is 0 Å². The first-order valence-electron chi connectivity index (χ1n) is 12.1. The lowest BCUT2D eigenvalue weighted by Crippen LogP contribution is -2.59. The molecule has 1 amide bonds. The fourth-order valence-corrected chi connectivity index (χ4v) is 6.25. The second-order valence-corrected chi connectivity index (χ2v) is 10.6. The average Bonchev–Trinajstić information content (AvgIpc) is 3.22. The molecule has 0 bridgehead atoms. The number of Topliss-reactive ketones (excluding diaryl/α,β-unsaturated/α-hetero) is 2. The summed E-state index contributed by atoms with van der Waals surface area (Å²) in [6.07, 6.45) is 1.18. The Morgan fingerprint density at radius 2 is 1.74 bits per heavy atom. The molecular formula is C28H21Cl2NO8. The van der Waals surface area contributed by atoms with Crippen molar-refractivity contribution in [1.29, 1.82) is 0 Å². The summed E-state index contributed by atoms with van der Waals surface area (Å²) in [7, 11) is 2.79. The average molecular weight is 570 g/mol. The van der Waals surface area contributed by atoms with Crippen molar-refractivity contribution in [2.75, 3.05) is 14.2 Å². The molecule has 0 radical (unpaired) electrons. The zero-order valence-corrected chi connectivity index (χ0v) is 22.5. The number of benzene rings is 2. The van der Waals surface area contributed by atoms with E-state index in [4.69, 9.17) is 41.8 Å². The van der Waals surface area contributed by atoms with Crippen molar-refractivity contribution in [3.05, 3.63) is 73.2 Å². The highest BCUT2D eigenvalue weighted by atomic mass is 35.5. The van der Waals surface area contributed by atoms with Crippen LogP contribution in [0.15, 0.2) is 51.0 Å². The first-order chi connectivity index (χ1) is 18.6. The molecule has 6 rings (SSSR count). The van der Waals surface area contributed by atoms with Gasteiger partial charge in [-0.15, -0.1) is 0 Å². The van der Waals surface area contributed by atoms with Crippen LogP contribution < -0.4 is 25.0 Å². The molecule has 0 fully saturated rings. The van der Waals surface area contributed by atoms with Crippen molar-refractivity contribution in [1.82, 2.24) is 5.32 Å². The van der Waals surface area contributed by atoms with Gasteiger partial charge >= 0.3 is 0 Å². The maximum atomic E-state index is 14.4. The number of ether oxygens (including phenoxy) is 3. The Labute approximate surface area is 231 Å². The number of carbonyl (C=O) groups is 3. The lowest BCUT2D eigenvalue weighted by atomic mass is 9.66. The van der Waals surface area contributed by atoms with Crippen LogP contribution >= 0.6 is 23.2 Å². The molecule has 3 heterocycles. The largest absolute Gasteiger partial charge is 0.496 e. The molecule has 0 saturated carbocycles. The van der Waals surface area contributed by atoms with E-state index < -0.39 is 34.4 Å². The fourth-order valence-electron chi connectivity index (χ4n) is 5.81. The first kappa shape index (κ1) is 25.5. The molecule has 200 valence electrons. The molecule has 1 aromatic heterocycles. The maximum absolute atomic E-state index is 14.4. The Morgan fingerprint density at radius 1 is 1.00 bits per heavy atom. The molecule has 3 atom stereocenters. The van der Waals surface area contributed by atoms with E-state index >= 15 is 0 Å². The Balaban J connectivity index is 1.53. The summed E-state index contributed by atoms with van der Waals surface area (Å²) in [5.74, 6) is -2.97. The molecular weight excluding hydrogens is 549 g/mol. The Bertz CT molecular complexity index is 1720. The standard InChI is InChI=1S/C28H21Cl2NO8/c1-11-6-16-21(13(8-20(32)31-16)15-10-38-17-5-4-12(29)7-14(17)24(15)33)26(34)28(11)27(35)22-18(36-2)9-19(37-3)23(30)25(22)39-28/h4-5,7,9-11,13H,6,8H2,1-3H3,(H,31,32)/t11-,13-,28+/m1/s1. The number of hydrogen-bond acceptors (Lipinski definition) is 8. The van der Waals surface area contributed by atoms with Gasteiger partial charge in [-0.2, -0.15) is 0 Å². The zero-order chi connectivity index (χ0) is 27.8. The van der Waals surface area contributed by atoms with Gasteiger partial charge in [0.15, 0.2) is 11.2 Å². The second kappa shape index (κ2) is 8.86. The van der Waals surface area contributed by atoms with Gasteiger partial charge in [0, 0.05) is 46.2 Å². The van der Waals surface area contributed by atoms with Gasteiger partial charge < -0.3 is 23.9 Å². The van der Waals surface area contributed by atoms with E-state index in [0.717, 1.165) is 0 Å². The number of hydrogen-bond donors (Lipinski definition) is 1. The molecule has 0 unspecified atom stereocenters. The van der Waals surface area contributed by atoms with Gasteiger partial charge in [0.25, 0.3) is 0 Å². The van der Waals surface area contributed by atoms with Gasteiger partial charge in [-0.25, -0.2) is 0 Å². The number of allylic oxidation sites excluding steroid dienone is 1. The molecule has 9 nitrogen and oxygen atoms in total. The summed E-state index contributed by atoms with van der Waals surface area (Å²) < 4.78 is 22.6. The predicted octanol–water partition coefficient (Wildman–Crippen LogP) is 4.60. The Morgan fingerprint density at radius 3 is 2.46 bits per heavy atom. The van der Waals surface area contributed by atoms with E-state index in [0.29, 0.717) is 16.3 Å². The predicted molar refractivity (Wildman–Crippen MR) is 141 cm³/mol. The molecule has 2 aromatic carbocycles. The maximum Gasteiger partial charge on any atom is 0.236 e. The van der Waals surface area contributed by atoms with Crippen LogP contribution in [-0.4, -0.2) is 37.3 Å². The quantitative estimate of drug-likeness (QED) is 0.454. The van der Waals surface area contributed by atoms with Gasteiger partial charge in [0.2, 0.25) is 23.1 Å². The molecule has 2 aliphatic heterocycles. The Hall–Kier alpha value is -3.82. The van der Waals surface area contributed by atoms with Crippen LogP contribution in [-0.2, 0) is 9.59 Å². The van der Waals surface area contributed by atoms with E-state index in [2.05, 4.69) is 5.32 Å². The van der Waals surface area contributed by atoms with Crippen LogP contribution in [0.1, 0.15) is 41.6 Å². The molecule has 1 spiro atoms. The topological polar surface area (TPSA) is 121 Å². The van der Waals surface area contributed by atoms with E-state index in [1.54, 1.807) is 19.1 Å². The minimum Gasteiger partial charge on any atom is -0.496 e. The summed E-state index contributed by atoms with van der Waals surface area (Å²) in [5.41, 5.74) is -1.51. The number of ketones is 2. The minimum atomic E-state index is -1.98. The van der Waals surface area contributed by atoms with Crippen LogP contribution in [0.3, 0.4) is 0 Å². The highest BCUT2D eigenvalue weighted by Gasteiger charge is 2.63. The number of methoxy groups -OCH3 is 2. The third kappa shape index (κ3) is 3.46. The van der Waals surface area contributed by atoms with Crippen LogP contribution in [0.2, 0.25) is 10.0 Å². The molecule has 0 saturated heterocycles. The number of halogens is 2. The molecule has 39 heavy (non-hydrogen) atoms. The second-order valence-electron chi connectivity index (χ2n) is 9.76. The summed E-state index contributed by atoms with van der Waals surface area (Å²) in [6.45, 7) is 1.69. The van der Waals surface area contributed by atoms with Gasteiger partial charge in [0.1, 0.15) is 27.7 Å². The van der Waals surface area contributed by atoms with Crippen molar-refractivity contribution in [3.63, 3.8) is 0 Å². The van der Waals surface area contributed by atoms with Crippen LogP contribution in [0.25, 0.3) is 11.0 Å². The number of amides is 1. The van der Waals surface area contributed by atoms with Gasteiger partial charge in [0.05, 0.1) is 25.9 Å². The zero-order valence-electron chi connectivity index (χ0n) is 21.0. The van der Waals surface area contributed by atoms with Crippen LogP contribution in [0.4, 0.5) is 0 Å². The number of rotatable bonds is 3. The van der Waals surface area contributed by atoms with Gasteiger partial charge in [-0.3, -0.25) is 19.2 Å². The van der Waals surface area contributed by atoms with E-state index in [1.165, 1.54) is 32.6 Å². The van der Waals surface area contributed by atoms with Crippen molar-refractivity contribution >= 4 is 51.6 Å². The Kier molecular flexibility index (Phi) is 5.78. The lowest BCUT2D eigenvalue weighted by molar-refractivity contribution is -0.131. The number of carbonyl (C=O) groups excluding carboxylic acids is 3. The SMILES string of the molecule is COc1cc(OC)c2c(c1Cl)O[C@@]1(C(=O)C3=C(C[C@H]1C)NC(=O)C[C@@H]3c1coc3ccc(Cl)cc3c1=O)C2=O. The monoisotopic (exact) mass is 569 g/mol. The third-order valence-electron chi connectivity index (χ3n) is 7.69. The van der Waals surface area contributed by atoms with E-state index in [-0.39, 0.29) is 63.1 Å². The van der Waals surface area contributed by atoms with Crippen molar-refractivity contribution in [2.24, 2.45) is 5.92 Å². The van der Waals surface area contributed by atoms with Crippen molar-refractivity contribution in [2.45, 2.75) is 31.3 Å². The first-order valence-corrected chi connectivity index (χ1v) is 12.8. The molecule has 3 aromatic rings. The highest BCUT2D eigenvalue weighted by molar-refractivity contribution is 6.36. The van der Waals surface area contributed by atoms with Crippen molar-refractivity contribution < 1.29 is 33.0 Å². The summed E-state index contributed by atoms with van der Waals surface area (Å²) in [4.78, 5) is 54.8. The molecule has 1 N–H and O–H groups in total. The molecule has 1 aliphatic carbocycles. The summed E-state index contributed by atoms with van der Waals surface area (Å²) in [5, 5.41) is 3.34. The molecule has 3 aliphatic rings. The smallest absolute Gasteiger partial charge is 0.236 e.